The molecule has 0 aliphatic carbocycles. The average Bonchev–Trinajstić information content (AvgIpc) is 3.32. The van der Waals surface area contributed by atoms with Gasteiger partial charge in [0.25, 0.3) is 0 Å². The Labute approximate surface area is 251 Å². The molecule has 3 aliphatic rings. The summed E-state index contributed by atoms with van der Waals surface area (Å²) >= 11 is 0. The second-order valence-electron chi connectivity index (χ2n) is 11.2. The van der Waals surface area contributed by atoms with Gasteiger partial charge in [-0.15, -0.1) is 0 Å². The van der Waals surface area contributed by atoms with Crippen molar-refractivity contribution in [3.05, 3.63) is 60.1 Å². The maximum atomic E-state index is 15.4. The minimum atomic E-state index is -0.630. The zero-order valence-corrected chi connectivity index (χ0v) is 24.5. The molecule has 10 nitrogen and oxygen atoms in total. The first kappa shape index (κ1) is 29.1. The van der Waals surface area contributed by atoms with Crippen molar-refractivity contribution in [3.63, 3.8) is 0 Å². The van der Waals surface area contributed by atoms with Crippen LogP contribution in [0.2, 0.25) is 0 Å². The van der Waals surface area contributed by atoms with Crippen LogP contribution in [-0.2, 0) is 22.5 Å². The van der Waals surface area contributed by atoms with Crippen molar-refractivity contribution in [2.24, 2.45) is 0 Å². The third-order valence-corrected chi connectivity index (χ3v) is 8.51. The van der Waals surface area contributed by atoms with Crippen LogP contribution in [0.15, 0.2) is 43.0 Å². The first-order chi connectivity index (χ1) is 21.0. The van der Waals surface area contributed by atoms with Gasteiger partial charge in [-0.25, -0.2) is 4.39 Å². The summed E-state index contributed by atoms with van der Waals surface area (Å²) in [6.45, 7) is 11.9. The first-order valence-corrected chi connectivity index (χ1v) is 15.2. The van der Waals surface area contributed by atoms with E-state index in [1.807, 2.05) is 29.2 Å². The number of fused-ring (bicyclic) bond motifs is 2. The average molecular weight is 591 g/mol. The second kappa shape index (κ2) is 13.1. The molecule has 228 valence electrons. The maximum absolute atomic E-state index is 15.4. The monoisotopic (exact) mass is 590 g/mol. The van der Waals surface area contributed by atoms with Gasteiger partial charge in [-0.1, -0.05) is 30.8 Å². The summed E-state index contributed by atoms with van der Waals surface area (Å²) in [6.07, 6.45) is 3.84. The molecule has 2 aromatic carbocycles. The Morgan fingerprint density at radius 2 is 1.91 bits per heavy atom. The van der Waals surface area contributed by atoms with Gasteiger partial charge in [0.05, 0.1) is 31.1 Å². The highest BCUT2D eigenvalue weighted by molar-refractivity contribution is 5.96. The number of carbonyl (C=O) groups excluding carboxylic acids is 1. The molecule has 0 radical (unpaired) electrons. The number of halogens is 1. The lowest BCUT2D eigenvalue weighted by Crippen LogP contribution is -2.49. The molecule has 1 N–H and O–H groups in total. The van der Waals surface area contributed by atoms with Crippen molar-refractivity contribution < 1.29 is 23.8 Å². The minimum Gasteiger partial charge on any atom is -0.505 e. The Balaban J connectivity index is 1.25. The van der Waals surface area contributed by atoms with Crippen LogP contribution in [0.1, 0.15) is 24.1 Å². The van der Waals surface area contributed by atoms with E-state index in [0.29, 0.717) is 64.0 Å². The van der Waals surface area contributed by atoms with E-state index in [1.165, 1.54) is 12.1 Å². The molecule has 2 fully saturated rings. The Bertz CT molecular complexity index is 1470. The quantitative estimate of drug-likeness (QED) is 0.313. The molecule has 0 atom stereocenters. The Hall–Kier alpha value is -3.96. The van der Waals surface area contributed by atoms with Gasteiger partial charge >= 0.3 is 6.01 Å². The van der Waals surface area contributed by atoms with E-state index < -0.39 is 5.82 Å². The van der Waals surface area contributed by atoms with Crippen LogP contribution < -0.4 is 14.5 Å². The van der Waals surface area contributed by atoms with Gasteiger partial charge in [0.2, 0.25) is 5.91 Å². The summed E-state index contributed by atoms with van der Waals surface area (Å²) in [5.41, 5.74) is 2.18. The van der Waals surface area contributed by atoms with Crippen molar-refractivity contribution in [1.82, 2.24) is 19.8 Å². The fraction of sp³-hybridized carbons (Fsp3) is 0.469. The number of aromatic hydroxyl groups is 1. The second-order valence-corrected chi connectivity index (χ2v) is 11.2. The van der Waals surface area contributed by atoms with E-state index in [-0.39, 0.29) is 11.7 Å². The fourth-order valence-corrected chi connectivity index (χ4v) is 6.24. The number of anilines is 2. The molecule has 6 rings (SSSR count). The molecule has 1 aromatic heterocycles. The van der Waals surface area contributed by atoms with Gasteiger partial charge in [-0.05, 0) is 36.8 Å². The standard InChI is InChI=1S/C32H39FN6O4/c1-2-28(41)37-13-15-38(16-14-37)31-25-9-12-39(30-24-8-4-3-7-23(24)21-27(40)29(30)33)22-26(25)34-32(35-31)43-19-6-11-36-10-5-18-42-20-17-36/h2-4,7-8,21,40H,1,5-6,9-20,22H2. The molecule has 11 heteroatoms. The number of piperazine rings is 1. The molecule has 0 spiro atoms. The number of hydrogen-bond acceptors (Lipinski definition) is 9. The number of aromatic nitrogens is 2. The first-order valence-electron chi connectivity index (χ1n) is 15.2. The predicted octanol–water partition coefficient (Wildman–Crippen LogP) is 3.36. The van der Waals surface area contributed by atoms with Crippen molar-refractivity contribution in [2.45, 2.75) is 25.8 Å². The summed E-state index contributed by atoms with van der Waals surface area (Å²) in [5.74, 6) is -0.249. The van der Waals surface area contributed by atoms with Crippen LogP contribution in [0, 0.1) is 5.82 Å². The molecule has 0 unspecified atom stereocenters. The fourth-order valence-electron chi connectivity index (χ4n) is 6.24. The minimum absolute atomic E-state index is 0.0691. The number of carbonyl (C=O) groups is 1. The number of rotatable bonds is 8. The molecule has 3 aromatic rings. The molecule has 0 bridgehead atoms. The molecular weight excluding hydrogens is 551 g/mol. The summed E-state index contributed by atoms with van der Waals surface area (Å²) in [6, 6.07) is 9.28. The number of phenolic OH excluding ortho intramolecular Hbond substituents is 1. The molecule has 1 amide bonds. The van der Waals surface area contributed by atoms with Gasteiger partial charge in [0.1, 0.15) is 5.82 Å². The summed E-state index contributed by atoms with van der Waals surface area (Å²) in [5, 5.41) is 11.9. The lowest BCUT2D eigenvalue weighted by atomic mass is 10.0. The van der Waals surface area contributed by atoms with E-state index >= 15 is 4.39 Å². The van der Waals surface area contributed by atoms with Crippen molar-refractivity contribution in [1.29, 1.82) is 0 Å². The van der Waals surface area contributed by atoms with Gasteiger partial charge in [-0.3, -0.25) is 4.79 Å². The maximum Gasteiger partial charge on any atom is 0.318 e. The van der Waals surface area contributed by atoms with Crippen LogP contribution in [0.25, 0.3) is 10.8 Å². The molecule has 0 saturated carbocycles. The number of phenols is 1. The van der Waals surface area contributed by atoms with Crippen LogP contribution in [0.4, 0.5) is 15.9 Å². The van der Waals surface area contributed by atoms with E-state index in [2.05, 4.69) is 16.4 Å². The molecule has 3 aliphatic heterocycles. The highest BCUT2D eigenvalue weighted by atomic mass is 19.1. The highest BCUT2D eigenvalue weighted by Crippen LogP contribution is 2.39. The van der Waals surface area contributed by atoms with Crippen LogP contribution in [-0.4, -0.2) is 103 Å². The molecular formula is C32H39FN6O4. The third-order valence-electron chi connectivity index (χ3n) is 8.51. The normalized spacial score (nSPS) is 17.9. The van der Waals surface area contributed by atoms with Crippen LogP contribution >= 0.6 is 0 Å². The number of benzene rings is 2. The van der Waals surface area contributed by atoms with E-state index in [0.717, 1.165) is 73.5 Å². The summed E-state index contributed by atoms with van der Waals surface area (Å²) < 4.78 is 27.2. The SMILES string of the molecule is C=CC(=O)N1CCN(c2nc(OCCCN3CCCOCC3)nc3c2CCN(c2c(F)c(O)cc4ccccc24)C3)CC1. The van der Waals surface area contributed by atoms with Gasteiger partial charge in [0, 0.05) is 69.9 Å². The van der Waals surface area contributed by atoms with Crippen molar-refractivity contribution in [3.8, 4) is 11.8 Å². The number of ether oxygens (including phenoxy) is 2. The predicted molar refractivity (Wildman–Crippen MR) is 163 cm³/mol. The molecule has 4 heterocycles. The number of nitrogens with zero attached hydrogens (tertiary/aromatic N) is 6. The topological polar surface area (TPSA) is 94.5 Å². The Morgan fingerprint density at radius 1 is 1.07 bits per heavy atom. The largest absolute Gasteiger partial charge is 0.505 e. The van der Waals surface area contributed by atoms with E-state index in [9.17, 15) is 9.90 Å². The van der Waals surface area contributed by atoms with Crippen LogP contribution in [0.3, 0.4) is 0 Å². The Kier molecular flexibility index (Phi) is 8.90. The van der Waals surface area contributed by atoms with Gasteiger partial charge in [-0.2, -0.15) is 9.97 Å². The van der Waals surface area contributed by atoms with Crippen molar-refractivity contribution in [2.75, 3.05) is 82.0 Å². The summed E-state index contributed by atoms with van der Waals surface area (Å²) in [7, 11) is 0. The molecule has 43 heavy (non-hydrogen) atoms. The van der Waals surface area contributed by atoms with Gasteiger partial charge in [0.15, 0.2) is 11.6 Å². The van der Waals surface area contributed by atoms with E-state index in [1.54, 1.807) is 4.90 Å². The highest BCUT2D eigenvalue weighted by Gasteiger charge is 2.30. The zero-order chi connectivity index (χ0) is 29.8. The number of hydrogen-bond donors (Lipinski definition) is 1. The van der Waals surface area contributed by atoms with Crippen LogP contribution in [0.5, 0.6) is 11.8 Å². The zero-order valence-electron chi connectivity index (χ0n) is 24.5. The smallest absolute Gasteiger partial charge is 0.318 e. The lowest BCUT2D eigenvalue weighted by molar-refractivity contribution is -0.126. The van der Waals surface area contributed by atoms with Gasteiger partial charge < -0.3 is 34.2 Å². The lowest BCUT2D eigenvalue weighted by Gasteiger charge is -2.38. The number of amides is 1. The summed E-state index contributed by atoms with van der Waals surface area (Å²) in [4.78, 5) is 30.2. The Morgan fingerprint density at radius 3 is 2.74 bits per heavy atom. The van der Waals surface area contributed by atoms with E-state index in [4.69, 9.17) is 19.4 Å². The van der Waals surface area contributed by atoms with Crippen molar-refractivity contribution >= 4 is 28.2 Å². The third kappa shape index (κ3) is 6.37. The molecule has 2 saturated heterocycles.